The van der Waals surface area contributed by atoms with Crippen molar-refractivity contribution in [3.8, 4) is 0 Å². The van der Waals surface area contributed by atoms with Gasteiger partial charge in [0.2, 0.25) is 0 Å². The van der Waals surface area contributed by atoms with Gasteiger partial charge < -0.3 is 19.4 Å². The van der Waals surface area contributed by atoms with Gasteiger partial charge in [-0.2, -0.15) is 0 Å². The number of aldehydes is 1. The summed E-state index contributed by atoms with van der Waals surface area (Å²) < 4.78 is 10.8. The van der Waals surface area contributed by atoms with E-state index in [1.807, 2.05) is 32.0 Å². The van der Waals surface area contributed by atoms with E-state index in [9.17, 15) is 19.5 Å². The van der Waals surface area contributed by atoms with Crippen LogP contribution >= 0.6 is 11.8 Å². The Balaban J connectivity index is 2.68. The van der Waals surface area contributed by atoms with Crippen LogP contribution in [-0.4, -0.2) is 54.7 Å². The second-order valence-electron chi connectivity index (χ2n) is 8.00. The highest BCUT2D eigenvalue weighted by atomic mass is 32.2. The van der Waals surface area contributed by atoms with E-state index in [0.29, 0.717) is 37.4 Å². The number of esters is 1. The number of rotatable bonds is 14. The van der Waals surface area contributed by atoms with Crippen molar-refractivity contribution in [2.24, 2.45) is 5.41 Å². The Morgan fingerprint density at radius 1 is 1.21 bits per heavy atom. The van der Waals surface area contributed by atoms with Crippen LogP contribution in [-0.2, 0) is 35.7 Å². The van der Waals surface area contributed by atoms with E-state index in [2.05, 4.69) is 0 Å². The Morgan fingerprint density at radius 2 is 1.93 bits per heavy atom. The quantitative estimate of drug-likeness (QED) is 0.361. The molecule has 0 saturated carbocycles. The zero-order valence-electron chi connectivity index (χ0n) is 17.7. The van der Waals surface area contributed by atoms with Gasteiger partial charge >= 0.3 is 11.9 Å². The molecule has 0 aromatic heterocycles. The van der Waals surface area contributed by atoms with Crippen LogP contribution in [0.1, 0.15) is 45.2 Å². The van der Waals surface area contributed by atoms with Gasteiger partial charge in [0.25, 0.3) is 0 Å². The molecule has 1 atom stereocenters. The molecule has 0 spiro atoms. The van der Waals surface area contributed by atoms with E-state index < -0.39 is 11.4 Å². The van der Waals surface area contributed by atoms with E-state index in [-0.39, 0.29) is 23.7 Å². The SMILES string of the molecule is CCOC(=O)CSCC(C)(C)COCC(C)(C(=O)O)c1cccc(CCC=O)c1. The average Bonchev–Trinajstić information content (AvgIpc) is 2.66. The third kappa shape index (κ3) is 8.58. The number of thioether (sulfide) groups is 1. The highest BCUT2D eigenvalue weighted by Crippen LogP contribution is 2.28. The minimum Gasteiger partial charge on any atom is -0.481 e. The summed E-state index contributed by atoms with van der Waals surface area (Å²) in [5.41, 5.74) is 0.175. The van der Waals surface area contributed by atoms with Gasteiger partial charge in [0.05, 0.1) is 25.6 Å². The largest absolute Gasteiger partial charge is 0.481 e. The Morgan fingerprint density at radius 3 is 2.55 bits per heavy atom. The monoisotopic (exact) mass is 424 g/mol. The first-order valence-corrected chi connectivity index (χ1v) is 10.9. The molecule has 0 radical (unpaired) electrons. The predicted octanol–water partition coefficient (Wildman–Crippen LogP) is 3.50. The van der Waals surface area contributed by atoms with Crippen molar-refractivity contribution in [3.05, 3.63) is 35.4 Å². The fourth-order valence-electron chi connectivity index (χ4n) is 2.75. The molecule has 1 unspecified atom stereocenters. The van der Waals surface area contributed by atoms with E-state index in [1.54, 1.807) is 19.9 Å². The summed E-state index contributed by atoms with van der Waals surface area (Å²) in [6.45, 7) is 8.24. The molecule has 0 aliphatic heterocycles. The summed E-state index contributed by atoms with van der Waals surface area (Å²) in [5, 5.41) is 9.84. The molecule has 0 amide bonds. The zero-order valence-corrected chi connectivity index (χ0v) is 18.5. The minimum absolute atomic E-state index is 0.0332. The van der Waals surface area contributed by atoms with Gasteiger partial charge in [-0.1, -0.05) is 38.1 Å². The molecule has 0 bridgehead atoms. The molecule has 1 aromatic carbocycles. The Hall–Kier alpha value is -1.86. The number of aliphatic carboxylic acids is 1. The minimum atomic E-state index is -1.19. The normalized spacial score (nSPS) is 13.5. The van der Waals surface area contributed by atoms with Crippen molar-refractivity contribution in [1.82, 2.24) is 0 Å². The summed E-state index contributed by atoms with van der Waals surface area (Å²) in [5.74, 6) is -0.212. The molecule has 7 heteroatoms. The summed E-state index contributed by atoms with van der Waals surface area (Å²) in [6, 6.07) is 7.32. The lowest BCUT2D eigenvalue weighted by Gasteiger charge is -2.29. The van der Waals surface area contributed by atoms with Crippen LogP contribution < -0.4 is 0 Å². The molecule has 29 heavy (non-hydrogen) atoms. The Labute approximate surface area is 177 Å². The molecular formula is C22H32O6S. The smallest absolute Gasteiger partial charge is 0.316 e. The van der Waals surface area contributed by atoms with Gasteiger partial charge in [0.1, 0.15) is 11.7 Å². The summed E-state index contributed by atoms with van der Waals surface area (Å²) >= 11 is 1.48. The number of aryl methyl sites for hydroxylation is 1. The number of carboxylic acids is 1. The van der Waals surface area contributed by atoms with Gasteiger partial charge in [-0.15, -0.1) is 11.8 Å². The topological polar surface area (TPSA) is 89.9 Å². The molecule has 0 saturated heterocycles. The molecule has 6 nitrogen and oxygen atoms in total. The van der Waals surface area contributed by atoms with E-state index in [1.165, 1.54) is 11.8 Å². The van der Waals surface area contributed by atoms with Crippen LogP contribution in [0.2, 0.25) is 0 Å². The van der Waals surface area contributed by atoms with Crippen molar-refractivity contribution in [2.75, 3.05) is 31.3 Å². The maximum atomic E-state index is 12.0. The number of carboxylic acid groups (broad SMARTS) is 1. The van der Waals surface area contributed by atoms with Crippen LogP contribution in [0, 0.1) is 5.41 Å². The number of benzene rings is 1. The molecule has 0 heterocycles. The van der Waals surface area contributed by atoms with Gasteiger partial charge in [0, 0.05) is 12.2 Å². The number of carbonyl (C=O) groups excluding carboxylic acids is 2. The highest BCUT2D eigenvalue weighted by Gasteiger charge is 2.36. The maximum Gasteiger partial charge on any atom is 0.316 e. The third-order valence-corrected chi connectivity index (χ3v) is 5.91. The Kier molecular flexibility index (Phi) is 10.4. The number of carbonyl (C=O) groups is 3. The van der Waals surface area contributed by atoms with Gasteiger partial charge in [-0.05, 0) is 36.8 Å². The number of ether oxygens (including phenoxy) is 2. The summed E-state index contributed by atoms with van der Waals surface area (Å²) in [6.07, 6.45) is 1.84. The molecule has 1 rings (SSSR count). The average molecular weight is 425 g/mol. The van der Waals surface area contributed by atoms with E-state index in [0.717, 1.165) is 11.8 Å². The van der Waals surface area contributed by atoms with Crippen LogP contribution in [0.5, 0.6) is 0 Å². The van der Waals surface area contributed by atoms with Crippen molar-refractivity contribution < 1.29 is 29.0 Å². The Bertz CT molecular complexity index is 688. The van der Waals surface area contributed by atoms with Crippen LogP contribution in [0.25, 0.3) is 0 Å². The lowest BCUT2D eigenvalue weighted by atomic mass is 9.82. The first-order valence-electron chi connectivity index (χ1n) is 9.72. The van der Waals surface area contributed by atoms with Crippen molar-refractivity contribution >= 4 is 30.0 Å². The number of hydrogen-bond acceptors (Lipinski definition) is 6. The molecule has 0 fully saturated rings. The van der Waals surface area contributed by atoms with Crippen molar-refractivity contribution in [3.63, 3.8) is 0 Å². The van der Waals surface area contributed by atoms with Crippen LogP contribution in [0.4, 0.5) is 0 Å². The first kappa shape index (κ1) is 25.2. The number of hydrogen-bond donors (Lipinski definition) is 1. The van der Waals surface area contributed by atoms with Crippen molar-refractivity contribution in [1.29, 1.82) is 0 Å². The van der Waals surface area contributed by atoms with Gasteiger partial charge in [-0.25, -0.2) is 0 Å². The van der Waals surface area contributed by atoms with Crippen LogP contribution in [0.15, 0.2) is 24.3 Å². The van der Waals surface area contributed by atoms with Crippen molar-refractivity contribution in [2.45, 2.75) is 46.0 Å². The fraction of sp³-hybridized carbons (Fsp3) is 0.591. The predicted molar refractivity (Wildman–Crippen MR) is 114 cm³/mol. The molecule has 162 valence electrons. The van der Waals surface area contributed by atoms with E-state index in [4.69, 9.17) is 9.47 Å². The lowest BCUT2D eigenvalue weighted by Crippen LogP contribution is -2.39. The standard InChI is InChI=1S/C22H32O6S/c1-5-28-19(24)13-29-16-21(2,3)14-27-15-22(4,20(25)26)18-10-6-8-17(12-18)9-7-11-23/h6,8,10-12H,5,7,9,13-16H2,1-4H3,(H,25,26). The van der Waals surface area contributed by atoms with Gasteiger partial charge in [0.15, 0.2) is 0 Å². The second kappa shape index (κ2) is 12.0. The molecular weight excluding hydrogens is 392 g/mol. The molecule has 0 aliphatic rings. The summed E-state index contributed by atoms with van der Waals surface area (Å²) in [4.78, 5) is 34.1. The highest BCUT2D eigenvalue weighted by molar-refractivity contribution is 7.99. The molecule has 1 aromatic rings. The molecule has 0 aliphatic carbocycles. The first-order chi connectivity index (χ1) is 13.6. The van der Waals surface area contributed by atoms with Crippen LogP contribution in [0.3, 0.4) is 0 Å². The fourth-order valence-corrected chi connectivity index (χ4v) is 3.74. The zero-order chi connectivity index (χ0) is 21.9. The van der Waals surface area contributed by atoms with Gasteiger partial charge in [-0.3, -0.25) is 9.59 Å². The third-order valence-electron chi connectivity index (χ3n) is 4.49. The second-order valence-corrected chi connectivity index (χ2v) is 8.98. The lowest BCUT2D eigenvalue weighted by molar-refractivity contribution is -0.146. The van der Waals surface area contributed by atoms with E-state index >= 15 is 0 Å². The maximum absolute atomic E-state index is 12.0. The summed E-state index contributed by atoms with van der Waals surface area (Å²) in [7, 11) is 0. The molecule has 1 N–H and O–H groups in total.